The molecule has 2 saturated heterocycles. The van der Waals surface area contributed by atoms with Crippen LogP contribution in [-0.2, 0) is 10.2 Å². The van der Waals surface area contributed by atoms with Gasteiger partial charge in [-0.15, -0.1) is 0 Å². The summed E-state index contributed by atoms with van der Waals surface area (Å²) in [4.78, 5) is 0. The Balaban J connectivity index is 1.89. The lowest BCUT2D eigenvalue weighted by Gasteiger charge is -2.40. The summed E-state index contributed by atoms with van der Waals surface area (Å²) in [7, 11) is -1.83. The van der Waals surface area contributed by atoms with E-state index in [0.29, 0.717) is 38.6 Å². The number of ether oxygens (including phenoxy) is 1. The summed E-state index contributed by atoms with van der Waals surface area (Å²) in [5.74, 6) is 1.34. The van der Waals surface area contributed by atoms with Gasteiger partial charge in [-0.25, -0.2) is 0 Å². The molecule has 0 bridgehead atoms. The molecule has 1 N–H and O–H groups in total. The summed E-state index contributed by atoms with van der Waals surface area (Å²) in [5.41, 5.74) is 0.918. The highest BCUT2D eigenvalue weighted by Crippen LogP contribution is 2.33. The van der Waals surface area contributed by atoms with Crippen molar-refractivity contribution in [2.24, 2.45) is 5.92 Å². The Morgan fingerprint density at radius 3 is 2.58 bits per heavy atom. The van der Waals surface area contributed by atoms with Crippen LogP contribution >= 0.6 is 0 Å². The SMILES string of the molecule is COc1ccccc1C1CNCCN1S(=O)(=O)N1CCC(C)CC1. The van der Waals surface area contributed by atoms with Crippen LogP contribution in [0.4, 0.5) is 0 Å². The third kappa shape index (κ3) is 3.44. The summed E-state index contributed by atoms with van der Waals surface area (Å²) in [6, 6.07) is 7.44. The lowest BCUT2D eigenvalue weighted by atomic mass is 10.0. The van der Waals surface area contributed by atoms with Crippen LogP contribution in [0.25, 0.3) is 0 Å². The maximum Gasteiger partial charge on any atom is 0.282 e. The number of piperidine rings is 1. The van der Waals surface area contributed by atoms with Crippen LogP contribution in [0.15, 0.2) is 24.3 Å². The van der Waals surface area contributed by atoms with Crippen molar-refractivity contribution in [1.82, 2.24) is 13.9 Å². The maximum atomic E-state index is 13.2. The van der Waals surface area contributed by atoms with E-state index in [-0.39, 0.29) is 6.04 Å². The van der Waals surface area contributed by atoms with Crippen molar-refractivity contribution in [3.05, 3.63) is 29.8 Å². The first kappa shape index (κ1) is 17.7. The number of rotatable bonds is 4. The first-order chi connectivity index (χ1) is 11.5. The number of benzene rings is 1. The third-order valence-electron chi connectivity index (χ3n) is 5.06. The molecule has 2 aliphatic rings. The lowest BCUT2D eigenvalue weighted by molar-refractivity contribution is 0.221. The molecule has 1 aromatic rings. The number of nitrogens with zero attached hydrogens (tertiary/aromatic N) is 2. The monoisotopic (exact) mass is 353 g/mol. The number of para-hydroxylation sites is 1. The molecule has 24 heavy (non-hydrogen) atoms. The van der Waals surface area contributed by atoms with Crippen LogP contribution in [0.1, 0.15) is 31.4 Å². The third-order valence-corrected chi connectivity index (χ3v) is 7.10. The quantitative estimate of drug-likeness (QED) is 0.893. The van der Waals surface area contributed by atoms with Gasteiger partial charge in [0.2, 0.25) is 0 Å². The van der Waals surface area contributed by atoms with Crippen LogP contribution in [0.5, 0.6) is 5.75 Å². The van der Waals surface area contributed by atoms with Gasteiger partial charge in [0.05, 0.1) is 13.2 Å². The van der Waals surface area contributed by atoms with Crippen LogP contribution in [0.2, 0.25) is 0 Å². The van der Waals surface area contributed by atoms with E-state index in [1.807, 2.05) is 24.3 Å². The summed E-state index contributed by atoms with van der Waals surface area (Å²) >= 11 is 0. The Morgan fingerprint density at radius 1 is 1.17 bits per heavy atom. The summed E-state index contributed by atoms with van der Waals surface area (Å²) < 4.78 is 35.2. The van der Waals surface area contributed by atoms with Gasteiger partial charge in [0.1, 0.15) is 5.75 Å². The Bertz CT molecular complexity index is 657. The van der Waals surface area contributed by atoms with Gasteiger partial charge in [-0.2, -0.15) is 17.0 Å². The molecule has 7 heteroatoms. The molecule has 0 amide bonds. The molecule has 0 spiro atoms. The van der Waals surface area contributed by atoms with E-state index in [1.165, 1.54) is 0 Å². The topological polar surface area (TPSA) is 61.9 Å². The Morgan fingerprint density at radius 2 is 1.88 bits per heavy atom. The van der Waals surface area contributed by atoms with E-state index < -0.39 is 10.2 Å². The molecule has 2 fully saturated rings. The molecule has 2 heterocycles. The zero-order chi connectivity index (χ0) is 17.2. The predicted molar refractivity (Wildman–Crippen MR) is 94.2 cm³/mol. The first-order valence-electron chi connectivity index (χ1n) is 8.64. The van der Waals surface area contributed by atoms with Gasteiger partial charge in [0, 0.05) is 38.3 Å². The largest absolute Gasteiger partial charge is 0.496 e. The van der Waals surface area contributed by atoms with E-state index in [2.05, 4.69) is 12.2 Å². The number of hydrogen-bond acceptors (Lipinski definition) is 4. The van der Waals surface area contributed by atoms with Gasteiger partial charge in [0.25, 0.3) is 10.2 Å². The molecule has 2 aliphatic heterocycles. The zero-order valence-electron chi connectivity index (χ0n) is 14.4. The van der Waals surface area contributed by atoms with E-state index >= 15 is 0 Å². The number of nitrogens with one attached hydrogen (secondary N) is 1. The van der Waals surface area contributed by atoms with Crippen LogP contribution < -0.4 is 10.1 Å². The van der Waals surface area contributed by atoms with Crippen LogP contribution in [0, 0.1) is 5.92 Å². The van der Waals surface area contributed by atoms with Gasteiger partial charge in [-0.3, -0.25) is 0 Å². The fraction of sp³-hybridized carbons (Fsp3) is 0.647. The second-order valence-electron chi connectivity index (χ2n) is 6.66. The average Bonchev–Trinajstić information content (AvgIpc) is 2.62. The molecule has 134 valence electrons. The summed E-state index contributed by atoms with van der Waals surface area (Å²) in [5, 5.41) is 3.32. The van der Waals surface area contributed by atoms with Gasteiger partial charge >= 0.3 is 0 Å². The van der Waals surface area contributed by atoms with E-state index in [1.54, 1.807) is 15.7 Å². The smallest absolute Gasteiger partial charge is 0.282 e. The molecule has 1 atom stereocenters. The lowest BCUT2D eigenvalue weighted by Crippen LogP contribution is -2.54. The van der Waals surface area contributed by atoms with Crippen molar-refractivity contribution in [2.75, 3.05) is 39.8 Å². The summed E-state index contributed by atoms with van der Waals surface area (Å²) in [6.07, 6.45) is 1.87. The minimum Gasteiger partial charge on any atom is -0.496 e. The molecule has 1 aromatic carbocycles. The van der Waals surface area contributed by atoms with Crippen molar-refractivity contribution in [3.63, 3.8) is 0 Å². The van der Waals surface area contributed by atoms with Gasteiger partial charge in [0.15, 0.2) is 0 Å². The van der Waals surface area contributed by atoms with Crippen LogP contribution in [0.3, 0.4) is 0 Å². The van der Waals surface area contributed by atoms with Crippen molar-refractivity contribution < 1.29 is 13.2 Å². The van der Waals surface area contributed by atoms with E-state index in [0.717, 1.165) is 24.2 Å². The van der Waals surface area contributed by atoms with Gasteiger partial charge in [-0.05, 0) is 24.8 Å². The highest BCUT2D eigenvalue weighted by Gasteiger charge is 2.39. The minimum absolute atomic E-state index is 0.237. The Hall–Kier alpha value is -1.15. The summed E-state index contributed by atoms with van der Waals surface area (Å²) in [6.45, 7) is 5.18. The average molecular weight is 353 g/mol. The Kier molecular flexibility index (Phi) is 5.44. The maximum absolute atomic E-state index is 13.2. The molecule has 0 saturated carbocycles. The zero-order valence-corrected chi connectivity index (χ0v) is 15.3. The highest BCUT2D eigenvalue weighted by atomic mass is 32.2. The van der Waals surface area contributed by atoms with Gasteiger partial charge < -0.3 is 10.1 Å². The predicted octanol–water partition coefficient (Wildman–Crippen LogP) is 1.62. The van der Waals surface area contributed by atoms with Crippen LogP contribution in [-0.4, -0.2) is 56.9 Å². The van der Waals surface area contributed by atoms with Crippen molar-refractivity contribution >= 4 is 10.2 Å². The van der Waals surface area contributed by atoms with Gasteiger partial charge in [-0.1, -0.05) is 25.1 Å². The fourth-order valence-corrected chi connectivity index (χ4v) is 5.33. The normalized spacial score (nSPS) is 24.8. The fourth-order valence-electron chi connectivity index (χ4n) is 3.53. The molecule has 0 radical (unpaired) electrons. The number of piperazine rings is 1. The first-order valence-corrected chi connectivity index (χ1v) is 10.0. The Labute approximate surface area is 145 Å². The molecule has 0 aromatic heterocycles. The van der Waals surface area contributed by atoms with E-state index in [4.69, 9.17) is 4.74 Å². The second kappa shape index (κ2) is 7.39. The molecular formula is C17H27N3O3S. The van der Waals surface area contributed by atoms with Crippen molar-refractivity contribution in [2.45, 2.75) is 25.8 Å². The molecule has 0 aliphatic carbocycles. The standard InChI is InChI=1S/C17H27N3O3S/c1-14-7-10-19(11-8-14)24(21,22)20-12-9-18-13-16(20)15-5-3-4-6-17(15)23-2/h3-6,14,16,18H,7-13H2,1-2H3. The molecule has 1 unspecified atom stereocenters. The number of hydrogen-bond donors (Lipinski definition) is 1. The molecular weight excluding hydrogens is 326 g/mol. The van der Waals surface area contributed by atoms with Crippen molar-refractivity contribution in [3.8, 4) is 5.75 Å². The van der Waals surface area contributed by atoms with E-state index in [9.17, 15) is 8.42 Å². The minimum atomic E-state index is -3.46. The molecule has 6 nitrogen and oxygen atoms in total. The second-order valence-corrected chi connectivity index (χ2v) is 8.54. The molecule has 3 rings (SSSR count). The van der Waals surface area contributed by atoms with Crippen molar-refractivity contribution in [1.29, 1.82) is 0 Å². The number of methoxy groups -OCH3 is 1. The highest BCUT2D eigenvalue weighted by molar-refractivity contribution is 7.86.